The minimum atomic E-state index is -0.829. The summed E-state index contributed by atoms with van der Waals surface area (Å²) in [6, 6.07) is 12.2. The molecule has 1 aliphatic rings. The third kappa shape index (κ3) is 5.88. The fourth-order valence-corrected chi connectivity index (χ4v) is 5.69. The molecule has 0 spiro atoms. The largest absolute Gasteiger partial charge is 0.493 e. The number of rotatable bonds is 14. The maximum absolute atomic E-state index is 10.8. The van der Waals surface area contributed by atoms with Gasteiger partial charge in [0, 0.05) is 18.0 Å². The highest BCUT2D eigenvalue weighted by Crippen LogP contribution is 2.53. The summed E-state index contributed by atoms with van der Waals surface area (Å²) in [4.78, 5) is 0. The summed E-state index contributed by atoms with van der Waals surface area (Å²) in [6.07, 6.45) is 4.36. The van der Waals surface area contributed by atoms with Crippen LogP contribution in [0.4, 0.5) is 0 Å². The van der Waals surface area contributed by atoms with E-state index in [9.17, 15) is 5.26 Å². The molecular weight excluding hydrogens is 484 g/mol. The van der Waals surface area contributed by atoms with Gasteiger partial charge in [-0.3, -0.25) is 0 Å². The molecule has 3 atom stereocenters. The monoisotopic (exact) mass is 526 g/mol. The number of benzene rings is 2. The Kier molecular flexibility index (Phi) is 10.4. The van der Waals surface area contributed by atoms with Crippen molar-refractivity contribution in [2.45, 2.75) is 69.9 Å². The summed E-state index contributed by atoms with van der Waals surface area (Å²) >= 11 is 0. The van der Waals surface area contributed by atoms with E-state index in [4.69, 9.17) is 34.2 Å². The molecule has 0 aromatic heterocycles. The summed E-state index contributed by atoms with van der Waals surface area (Å²) < 4.78 is 34.7. The van der Waals surface area contributed by atoms with Crippen LogP contribution in [0.1, 0.15) is 57.9 Å². The Balaban J connectivity index is 1.84. The fourth-order valence-electron chi connectivity index (χ4n) is 5.69. The topological polar surface area (TPSA) is 105 Å². The number of nitrogens with two attached hydrogens (primary N) is 1. The van der Waals surface area contributed by atoms with Gasteiger partial charge in [0.2, 0.25) is 11.5 Å². The van der Waals surface area contributed by atoms with Gasteiger partial charge in [0.1, 0.15) is 12.7 Å². The average Bonchev–Trinajstić information content (AvgIpc) is 2.95. The van der Waals surface area contributed by atoms with Gasteiger partial charge in [-0.2, -0.15) is 5.26 Å². The number of nitrogens with zero attached hydrogens (tertiary/aromatic N) is 1. The Morgan fingerprint density at radius 1 is 1.00 bits per heavy atom. The first-order valence-electron chi connectivity index (χ1n) is 13.3. The first-order chi connectivity index (χ1) is 18.4. The number of hydrogen-bond donors (Lipinski definition) is 1. The lowest BCUT2D eigenvalue weighted by Gasteiger charge is -2.37. The number of fused-ring (bicyclic) bond motifs is 1. The second-order valence-corrected chi connectivity index (χ2v) is 9.71. The molecule has 0 radical (unpaired) electrons. The van der Waals surface area contributed by atoms with Crippen molar-refractivity contribution in [3.05, 3.63) is 35.9 Å². The van der Waals surface area contributed by atoms with E-state index in [-0.39, 0.29) is 18.1 Å². The Labute approximate surface area is 226 Å². The second-order valence-electron chi connectivity index (χ2n) is 9.71. The molecule has 0 saturated heterocycles. The molecule has 38 heavy (non-hydrogen) atoms. The van der Waals surface area contributed by atoms with Gasteiger partial charge in [-0.25, -0.2) is 0 Å². The van der Waals surface area contributed by atoms with Crippen LogP contribution in [-0.4, -0.2) is 47.2 Å². The molecule has 1 heterocycles. The lowest BCUT2D eigenvalue weighted by molar-refractivity contribution is 0.0788. The molecule has 1 aliphatic heterocycles. The van der Waals surface area contributed by atoms with Crippen LogP contribution in [0.3, 0.4) is 0 Å². The highest BCUT2D eigenvalue weighted by Gasteiger charge is 2.43. The van der Waals surface area contributed by atoms with E-state index in [0.29, 0.717) is 42.4 Å². The maximum Gasteiger partial charge on any atom is 0.207 e. The second kappa shape index (κ2) is 13.5. The Hall–Kier alpha value is -3.31. The molecule has 2 N–H and O–H groups in total. The summed E-state index contributed by atoms with van der Waals surface area (Å²) in [5, 5.41) is 10.8. The Morgan fingerprint density at radius 2 is 1.66 bits per heavy atom. The first kappa shape index (κ1) is 29.2. The standard InChI is InChI=1S/C30H42N2O6/c1-7-20(8-2)30(19-31,23-17-26(33-3)28(35-5)29(36-6)27(23)34-4)15-11-12-21(32)16-22-18-37-24-13-9-10-14-25(24)38-22/h9-10,13-14,17,20-22H,7-8,11-12,15-16,18,32H2,1-6H3. The zero-order chi connectivity index (χ0) is 27.7. The van der Waals surface area contributed by atoms with Crippen molar-refractivity contribution in [1.82, 2.24) is 0 Å². The number of nitriles is 1. The van der Waals surface area contributed by atoms with Gasteiger partial charge in [0.15, 0.2) is 23.0 Å². The predicted octanol–water partition coefficient (Wildman–Crippen LogP) is 5.65. The van der Waals surface area contributed by atoms with E-state index in [1.165, 1.54) is 0 Å². The number of methoxy groups -OCH3 is 4. The zero-order valence-corrected chi connectivity index (χ0v) is 23.5. The van der Waals surface area contributed by atoms with Crippen molar-refractivity contribution in [1.29, 1.82) is 5.26 Å². The Bertz CT molecular complexity index is 1100. The molecule has 208 valence electrons. The molecule has 0 amide bonds. The van der Waals surface area contributed by atoms with Gasteiger partial charge in [0.05, 0.1) is 39.9 Å². The number of ether oxygens (including phenoxy) is 6. The lowest BCUT2D eigenvalue weighted by Crippen LogP contribution is -2.37. The molecule has 0 aliphatic carbocycles. The lowest BCUT2D eigenvalue weighted by atomic mass is 9.65. The van der Waals surface area contributed by atoms with Crippen LogP contribution >= 0.6 is 0 Å². The summed E-state index contributed by atoms with van der Waals surface area (Å²) in [6.45, 7) is 4.71. The Morgan fingerprint density at radius 3 is 2.24 bits per heavy atom. The number of hydrogen-bond acceptors (Lipinski definition) is 8. The van der Waals surface area contributed by atoms with Crippen LogP contribution in [0.2, 0.25) is 0 Å². The molecule has 8 heteroatoms. The molecule has 2 aromatic rings. The zero-order valence-electron chi connectivity index (χ0n) is 23.5. The van der Waals surface area contributed by atoms with Gasteiger partial charge in [-0.15, -0.1) is 0 Å². The van der Waals surface area contributed by atoms with Crippen molar-refractivity contribution in [2.24, 2.45) is 11.7 Å². The molecule has 3 rings (SSSR count). The molecule has 3 unspecified atom stereocenters. The van der Waals surface area contributed by atoms with Crippen molar-refractivity contribution < 1.29 is 28.4 Å². The highest BCUT2D eigenvalue weighted by molar-refractivity contribution is 5.65. The third-order valence-electron chi connectivity index (χ3n) is 7.63. The van der Waals surface area contributed by atoms with Crippen molar-refractivity contribution in [2.75, 3.05) is 35.0 Å². The van der Waals surface area contributed by atoms with E-state index >= 15 is 0 Å². The quantitative estimate of drug-likeness (QED) is 0.337. The SMILES string of the molecule is CCC(CC)C(C#N)(CCCC(N)CC1COc2ccccc2O1)c1cc(OC)c(OC)c(OC)c1OC. The van der Waals surface area contributed by atoms with Gasteiger partial charge < -0.3 is 34.2 Å². The smallest absolute Gasteiger partial charge is 0.207 e. The third-order valence-corrected chi connectivity index (χ3v) is 7.63. The fraction of sp³-hybridized carbons (Fsp3) is 0.567. The highest BCUT2D eigenvalue weighted by atomic mass is 16.6. The molecule has 0 bridgehead atoms. The van der Waals surface area contributed by atoms with E-state index in [1.54, 1.807) is 28.4 Å². The molecule has 8 nitrogen and oxygen atoms in total. The predicted molar refractivity (Wildman–Crippen MR) is 147 cm³/mol. The normalized spacial score (nSPS) is 16.8. The molecule has 2 aromatic carbocycles. The number of para-hydroxylation sites is 2. The maximum atomic E-state index is 10.8. The molecule has 0 saturated carbocycles. The van der Waals surface area contributed by atoms with E-state index in [0.717, 1.165) is 42.7 Å². The van der Waals surface area contributed by atoms with Crippen molar-refractivity contribution in [3.63, 3.8) is 0 Å². The van der Waals surface area contributed by atoms with Gasteiger partial charge in [-0.1, -0.05) is 38.8 Å². The van der Waals surface area contributed by atoms with Crippen LogP contribution in [-0.2, 0) is 5.41 Å². The van der Waals surface area contributed by atoms with Crippen molar-refractivity contribution in [3.8, 4) is 40.6 Å². The summed E-state index contributed by atoms with van der Waals surface area (Å²) in [7, 11) is 6.28. The molecular formula is C30H42N2O6. The van der Waals surface area contributed by atoms with Crippen LogP contribution in [0.15, 0.2) is 30.3 Å². The van der Waals surface area contributed by atoms with Crippen LogP contribution in [0, 0.1) is 17.2 Å². The van der Waals surface area contributed by atoms with Gasteiger partial charge in [0.25, 0.3) is 0 Å². The van der Waals surface area contributed by atoms with Crippen LogP contribution in [0.25, 0.3) is 0 Å². The van der Waals surface area contributed by atoms with Crippen molar-refractivity contribution >= 4 is 0 Å². The minimum Gasteiger partial charge on any atom is -0.493 e. The first-order valence-corrected chi connectivity index (χ1v) is 13.3. The van der Waals surface area contributed by atoms with E-state index < -0.39 is 5.41 Å². The van der Waals surface area contributed by atoms with Gasteiger partial charge >= 0.3 is 0 Å². The van der Waals surface area contributed by atoms with Crippen LogP contribution in [0.5, 0.6) is 34.5 Å². The summed E-state index contributed by atoms with van der Waals surface area (Å²) in [5.41, 5.74) is 6.48. The van der Waals surface area contributed by atoms with E-state index in [1.807, 2.05) is 30.3 Å². The minimum absolute atomic E-state index is 0.0891. The average molecular weight is 527 g/mol. The van der Waals surface area contributed by atoms with Gasteiger partial charge in [-0.05, 0) is 43.4 Å². The van der Waals surface area contributed by atoms with Crippen LogP contribution < -0.4 is 34.2 Å². The molecule has 0 fully saturated rings. The van der Waals surface area contributed by atoms with E-state index in [2.05, 4.69) is 19.9 Å². The summed E-state index contributed by atoms with van der Waals surface area (Å²) in [5.74, 6) is 3.45.